The first kappa shape index (κ1) is 22.4. The molecule has 168 valence electrons. The van der Waals surface area contributed by atoms with Crippen molar-refractivity contribution in [1.29, 1.82) is 0 Å². The molecule has 2 aromatic carbocycles. The predicted octanol–water partition coefficient (Wildman–Crippen LogP) is 1.01. The molecule has 2 aliphatic heterocycles. The van der Waals surface area contributed by atoms with Gasteiger partial charge in [-0.05, 0) is 29.3 Å². The van der Waals surface area contributed by atoms with Gasteiger partial charge in [-0.15, -0.1) is 11.8 Å². The Hall–Kier alpha value is -1.81. The van der Waals surface area contributed by atoms with Crippen LogP contribution in [0.3, 0.4) is 0 Å². The van der Waals surface area contributed by atoms with Gasteiger partial charge in [-0.3, -0.25) is 0 Å². The van der Waals surface area contributed by atoms with Crippen molar-refractivity contribution >= 4 is 17.4 Å². The molecule has 0 unspecified atom stereocenters. The summed E-state index contributed by atoms with van der Waals surface area (Å²) in [6.07, 6.45) is -3.18. The Morgan fingerprint density at radius 2 is 1.65 bits per heavy atom. The van der Waals surface area contributed by atoms with Crippen LogP contribution in [-0.2, 0) is 11.2 Å². The third-order valence-corrected chi connectivity index (χ3v) is 7.19. The van der Waals surface area contributed by atoms with E-state index in [4.69, 9.17) is 9.47 Å². The number of hydrogen-bond donors (Lipinski definition) is 4. The van der Waals surface area contributed by atoms with E-state index in [1.165, 1.54) is 5.69 Å². The van der Waals surface area contributed by atoms with Crippen LogP contribution >= 0.6 is 11.8 Å². The lowest BCUT2D eigenvalue weighted by molar-refractivity contribution is -0.0910. The van der Waals surface area contributed by atoms with Gasteiger partial charge in [0, 0.05) is 25.2 Å². The smallest absolute Gasteiger partial charge is 0.173 e. The van der Waals surface area contributed by atoms with E-state index in [1.54, 1.807) is 0 Å². The minimum absolute atomic E-state index is 0.313. The molecule has 0 bridgehead atoms. The molecule has 0 amide bonds. The number of anilines is 1. The Balaban J connectivity index is 1.46. The van der Waals surface area contributed by atoms with Crippen molar-refractivity contribution in [2.45, 2.75) is 35.4 Å². The first-order valence-electron chi connectivity index (χ1n) is 10.5. The van der Waals surface area contributed by atoms with E-state index >= 15 is 0 Å². The van der Waals surface area contributed by atoms with Crippen LogP contribution in [-0.4, -0.2) is 82.3 Å². The summed E-state index contributed by atoms with van der Waals surface area (Å²) in [4.78, 5) is 2.31. The van der Waals surface area contributed by atoms with Crippen molar-refractivity contribution in [3.05, 3.63) is 59.7 Å². The van der Waals surface area contributed by atoms with Gasteiger partial charge in [-0.25, -0.2) is 0 Å². The number of aliphatic hydroxyl groups excluding tert-OH is 4. The second-order valence-electron chi connectivity index (χ2n) is 7.87. The third kappa shape index (κ3) is 5.16. The summed E-state index contributed by atoms with van der Waals surface area (Å²) in [6.45, 7) is 2.98. The van der Waals surface area contributed by atoms with Crippen LogP contribution in [0.15, 0.2) is 48.5 Å². The molecule has 0 saturated carbocycles. The molecule has 2 heterocycles. The molecule has 4 rings (SSSR count). The quantitative estimate of drug-likeness (QED) is 0.521. The number of thioether (sulfide) groups is 1. The molecule has 2 aliphatic rings. The first-order valence-corrected chi connectivity index (χ1v) is 11.5. The molecule has 2 fully saturated rings. The monoisotopic (exact) mass is 447 g/mol. The van der Waals surface area contributed by atoms with Gasteiger partial charge in [0.25, 0.3) is 0 Å². The zero-order valence-electron chi connectivity index (χ0n) is 17.2. The molecule has 8 heteroatoms. The lowest BCUT2D eigenvalue weighted by atomic mass is 10.0. The highest BCUT2D eigenvalue weighted by atomic mass is 32.2. The molecule has 31 heavy (non-hydrogen) atoms. The average Bonchev–Trinajstić information content (AvgIpc) is 2.81. The Labute approximate surface area is 186 Å². The van der Waals surface area contributed by atoms with Crippen LogP contribution in [0.4, 0.5) is 5.69 Å². The van der Waals surface area contributed by atoms with Crippen LogP contribution in [0.5, 0.6) is 5.75 Å². The van der Waals surface area contributed by atoms with E-state index in [0.717, 1.165) is 49.2 Å². The fourth-order valence-electron chi connectivity index (χ4n) is 3.92. The van der Waals surface area contributed by atoms with Crippen LogP contribution in [0, 0.1) is 0 Å². The number of hydrogen-bond acceptors (Lipinski definition) is 8. The maximum absolute atomic E-state index is 10.4. The minimum Gasteiger partial charge on any atom is -0.477 e. The van der Waals surface area contributed by atoms with Crippen molar-refractivity contribution in [2.75, 3.05) is 37.8 Å². The Morgan fingerprint density at radius 1 is 0.935 bits per heavy atom. The topological polar surface area (TPSA) is 103 Å². The maximum atomic E-state index is 10.4. The number of aliphatic hydroxyl groups is 4. The molecule has 2 aromatic rings. The van der Waals surface area contributed by atoms with Gasteiger partial charge >= 0.3 is 0 Å². The van der Waals surface area contributed by atoms with E-state index in [0.29, 0.717) is 12.2 Å². The highest BCUT2D eigenvalue weighted by Crippen LogP contribution is 2.35. The average molecular weight is 448 g/mol. The molecule has 0 aromatic heterocycles. The van der Waals surface area contributed by atoms with Gasteiger partial charge < -0.3 is 34.8 Å². The Bertz CT molecular complexity index is 842. The summed E-state index contributed by atoms with van der Waals surface area (Å²) in [7, 11) is 0. The molecule has 0 aliphatic carbocycles. The van der Waals surface area contributed by atoms with Crippen molar-refractivity contribution in [3.8, 4) is 5.75 Å². The zero-order valence-corrected chi connectivity index (χ0v) is 18.0. The molecule has 2 saturated heterocycles. The van der Waals surface area contributed by atoms with Gasteiger partial charge in [0.05, 0.1) is 31.2 Å². The summed E-state index contributed by atoms with van der Waals surface area (Å²) < 4.78 is 11.5. The van der Waals surface area contributed by atoms with E-state index < -0.39 is 29.0 Å². The summed E-state index contributed by atoms with van der Waals surface area (Å²) in [6, 6.07) is 16.0. The fraction of sp³-hybridized carbons (Fsp3) is 0.478. The lowest BCUT2D eigenvalue weighted by Gasteiger charge is -2.39. The van der Waals surface area contributed by atoms with Gasteiger partial charge in [0.2, 0.25) is 0 Å². The van der Waals surface area contributed by atoms with E-state index in [-0.39, 0.29) is 6.61 Å². The van der Waals surface area contributed by atoms with Crippen molar-refractivity contribution in [2.24, 2.45) is 0 Å². The summed E-state index contributed by atoms with van der Waals surface area (Å²) in [5, 5.41) is 39.3. The van der Waals surface area contributed by atoms with Crippen LogP contribution < -0.4 is 9.64 Å². The molecule has 4 N–H and O–H groups in total. The van der Waals surface area contributed by atoms with Crippen LogP contribution in [0.25, 0.3) is 0 Å². The number of benzene rings is 2. The highest BCUT2D eigenvalue weighted by Gasteiger charge is 2.44. The van der Waals surface area contributed by atoms with Gasteiger partial charge in [-0.1, -0.05) is 30.3 Å². The molecule has 0 radical (unpaired) electrons. The van der Waals surface area contributed by atoms with Crippen molar-refractivity contribution in [1.82, 2.24) is 0 Å². The van der Waals surface area contributed by atoms with Gasteiger partial charge in [0.15, 0.2) is 5.44 Å². The predicted molar refractivity (Wildman–Crippen MR) is 120 cm³/mol. The highest BCUT2D eigenvalue weighted by molar-refractivity contribution is 8.00. The second kappa shape index (κ2) is 10.2. The largest absolute Gasteiger partial charge is 0.477 e. The third-order valence-electron chi connectivity index (χ3n) is 5.77. The number of para-hydroxylation sites is 1. The summed E-state index contributed by atoms with van der Waals surface area (Å²) in [5.41, 5.74) is 2.48. The molecule has 7 nitrogen and oxygen atoms in total. The SMILES string of the molecule is OC[C@H]1S[C@@H](Oc2ccccc2Cc2ccc(N3CCOCC3)cc2)[C@H](O)[C@@H](O)[C@@H]1O. The normalized spacial score (nSPS) is 29.0. The number of nitrogens with zero attached hydrogens (tertiary/aromatic N) is 1. The van der Waals surface area contributed by atoms with E-state index in [9.17, 15) is 20.4 Å². The molecular weight excluding hydrogens is 418 g/mol. The van der Waals surface area contributed by atoms with Gasteiger partial charge in [-0.2, -0.15) is 0 Å². The standard InChI is InChI=1S/C23H29NO6S/c25-14-19-20(26)21(27)22(28)23(31-19)30-18-4-2-1-3-16(18)13-15-5-7-17(8-6-15)24-9-11-29-12-10-24/h1-8,19-23,25-28H,9-14H2/t19-,20-,21+,22-,23-/m1/s1. The summed E-state index contributed by atoms with van der Waals surface area (Å²) >= 11 is 1.13. The maximum Gasteiger partial charge on any atom is 0.173 e. The van der Waals surface area contributed by atoms with E-state index in [2.05, 4.69) is 29.2 Å². The Morgan fingerprint density at radius 3 is 2.35 bits per heavy atom. The molecule has 5 atom stereocenters. The summed E-state index contributed by atoms with van der Waals surface area (Å²) in [5.74, 6) is 0.608. The number of morpholine rings is 1. The minimum atomic E-state index is -1.37. The second-order valence-corrected chi connectivity index (χ2v) is 9.21. The lowest BCUT2D eigenvalue weighted by Crippen LogP contribution is -2.55. The van der Waals surface area contributed by atoms with E-state index in [1.807, 2.05) is 24.3 Å². The fourth-order valence-corrected chi connectivity index (χ4v) is 5.15. The van der Waals surface area contributed by atoms with Gasteiger partial charge in [0.1, 0.15) is 18.0 Å². The van der Waals surface area contributed by atoms with Crippen molar-refractivity contribution in [3.63, 3.8) is 0 Å². The molecular formula is C23H29NO6S. The Kier molecular flexibility index (Phi) is 7.37. The number of rotatable bonds is 6. The van der Waals surface area contributed by atoms with Crippen molar-refractivity contribution < 1.29 is 29.9 Å². The zero-order chi connectivity index (χ0) is 21.8. The molecule has 0 spiro atoms. The van der Waals surface area contributed by atoms with Crippen LogP contribution in [0.1, 0.15) is 11.1 Å². The first-order chi connectivity index (χ1) is 15.1. The van der Waals surface area contributed by atoms with Crippen LogP contribution in [0.2, 0.25) is 0 Å². The number of ether oxygens (including phenoxy) is 2.